The van der Waals surface area contributed by atoms with Gasteiger partial charge in [0, 0.05) is 16.1 Å². The van der Waals surface area contributed by atoms with Crippen molar-refractivity contribution in [2.24, 2.45) is 4.99 Å². The van der Waals surface area contributed by atoms with Gasteiger partial charge >= 0.3 is 0 Å². The Morgan fingerprint density at radius 3 is 2.35 bits per heavy atom. The average molecular weight is 324 g/mol. The van der Waals surface area contributed by atoms with Crippen molar-refractivity contribution < 1.29 is 9.21 Å². The summed E-state index contributed by atoms with van der Waals surface area (Å²) in [5.74, 6) is 1.44. The maximum Gasteiger partial charge on any atom is 0.159 e. The molecule has 0 saturated heterocycles. The lowest BCUT2D eigenvalue weighted by Gasteiger charge is -1.98. The first-order valence-corrected chi connectivity index (χ1v) is 7.50. The van der Waals surface area contributed by atoms with E-state index in [1.54, 1.807) is 37.4 Å². The lowest BCUT2D eigenvalue weighted by atomic mass is 10.1. The fourth-order valence-corrected chi connectivity index (χ4v) is 2.24. The number of furan rings is 1. The molecule has 4 heteroatoms. The molecule has 3 rings (SSSR count). The van der Waals surface area contributed by atoms with Crippen LogP contribution < -0.4 is 0 Å². The zero-order chi connectivity index (χ0) is 16.2. The van der Waals surface area contributed by atoms with Gasteiger partial charge < -0.3 is 4.42 Å². The van der Waals surface area contributed by atoms with Crippen LogP contribution in [0.1, 0.15) is 23.0 Å². The molecule has 0 fully saturated rings. The highest BCUT2D eigenvalue weighted by molar-refractivity contribution is 6.30. The highest BCUT2D eigenvalue weighted by atomic mass is 35.5. The van der Waals surface area contributed by atoms with E-state index in [-0.39, 0.29) is 5.78 Å². The SMILES string of the molecule is CC(=O)c1ccc(-c2ccc(C=Nc3ccc(Cl)cc3)o2)cc1. The van der Waals surface area contributed by atoms with E-state index in [4.69, 9.17) is 16.0 Å². The number of Topliss-reactive ketones (excluding diaryl/α,β-unsaturated/α-hetero) is 1. The minimum atomic E-state index is 0.0479. The van der Waals surface area contributed by atoms with Crippen molar-refractivity contribution in [3.05, 3.63) is 77.0 Å². The molecule has 0 N–H and O–H groups in total. The van der Waals surface area contributed by atoms with Crippen LogP contribution in [-0.4, -0.2) is 12.0 Å². The van der Waals surface area contributed by atoms with Crippen molar-refractivity contribution in [1.29, 1.82) is 0 Å². The number of aliphatic imine (C=N–C) groups is 1. The van der Waals surface area contributed by atoms with Crippen molar-refractivity contribution in [1.82, 2.24) is 0 Å². The molecule has 0 radical (unpaired) electrons. The third kappa shape index (κ3) is 3.76. The molecule has 3 aromatic rings. The van der Waals surface area contributed by atoms with Gasteiger partial charge in [-0.05, 0) is 43.3 Å². The number of rotatable bonds is 4. The van der Waals surface area contributed by atoms with E-state index in [9.17, 15) is 4.79 Å². The van der Waals surface area contributed by atoms with E-state index in [2.05, 4.69) is 4.99 Å². The minimum absolute atomic E-state index is 0.0479. The van der Waals surface area contributed by atoms with E-state index in [1.807, 2.05) is 36.4 Å². The Hall–Kier alpha value is -2.65. The molecule has 0 aliphatic rings. The standard InChI is InChI=1S/C19H14ClNO2/c1-13(22)14-2-4-15(5-3-14)19-11-10-18(23-19)12-21-17-8-6-16(20)7-9-17/h2-12H,1H3. The van der Waals surface area contributed by atoms with Gasteiger partial charge in [0.05, 0.1) is 11.9 Å². The lowest BCUT2D eigenvalue weighted by Crippen LogP contribution is -1.90. The molecule has 1 heterocycles. The van der Waals surface area contributed by atoms with Crippen molar-refractivity contribution in [3.63, 3.8) is 0 Å². The Bertz CT molecular complexity index is 846. The average Bonchev–Trinajstić information content (AvgIpc) is 3.03. The van der Waals surface area contributed by atoms with Crippen molar-refractivity contribution in [2.45, 2.75) is 6.92 Å². The molecule has 0 bridgehead atoms. The molecule has 3 nitrogen and oxygen atoms in total. The fourth-order valence-electron chi connectivity index (χ4n) is 2.11. The normalized spacial score (nSPS) is 11.0. The van der Waals surface area contributed by atoms with Crippen LogP contribution in [0.5, 0.6) is 0 Å². The maximum absolute atomic E-state index is 11.3. The van der Waals surface area contributed by atoms with Crippen LogP contribution in [0.15, 0.2) is 70.1 Å². The molecular formula is C19H14ClNO2. The highest BCUT2D eigenvalue weighted by Crippen LogP contribution is 2.23. The van der Waals surface area contributed by atoms with E-state index in [0.29, 0.717) is 16.3 Å². The summed E-state index contributed by atoms with van der Waals surface area (Å²) >= 11 is 5.84. The summed E-state index contributed by atoms with van der Waals surface area (Å²) in [6.45, 7) is 1.55. The third-order valence-corrected chi connectivity index (χ3v) is 3.62. The first-order chi connectivity index (χ1) is 11.1. The molecule has 1 aromatic heterocycles. The number of ketones is 1. The molecule has 0 aliphatic carbocycles. The van der Waals surface area contributed by atoms with Crippen molar-refractivity contribution in [2.75, 3.05) is 0 Å². The number of hydrogen-bond acceptors (Lipinski definition) is 3. The van der Waals surface area contributed by atoms with Gasteiger partial charge in [0.2, 0.25) is 0 Å². The van der Waals surface area contributed by atoms with E-state index >= 15 is 0 Å². The number of nitrogens with zero attached hydrogens (tertiary/aromatic N) is 1. The van der Waals surface area contributed by atoms with Crippen LogP contribution in [0.3, 0.4) is 0 Å². The first kappa shape index (κ1) is 15.3. The second-order valence-electron chi connectivity index (χ2n) is 5.07. The first-order valence-electron chi connectivity index (χ1n) is 7.13. The predicted octanol–water partition coefficient (Wildman–Crippen LogP) is 5.55. The fraction of sp³-hybridized carbons (Fsp3) is 0.0526. The zero-order valence-corrected chi connectivity index (χ0v) is 13.2. The molecule has 0 saturated carbocycles. The van der Waals surface area contributed by atoms with Gasteiger partial charge in [0.1, 0.15) is 11.5 Å². The molecular weight excluding hydrogens is 310 g/mol. The summed E-state index contributed by atoms with van der Waals surface area (Å²) in [6.07, 6.45) is 1.66. The Morgan fingerprint density at radius 2 is 1.70 bits per heavy atom. The number of halogens is 1. The van der Waals surface area contributed by atoms with Crippen molar-refractivity contribution >= 4 is 29.3 Å². The van der Waals surface area contributed by atoms with Gasteiger partial charge in [0.25, 0.3) is 0 Å². The molecule has 0 amide bonds. The number of hydrogen-bond donors (Lipinski definition) is 0. The molecule has 0 atom stereocenters. The van der Waals surface area contributed by atoms with Gasteiger partial charge in [-0.15, -0.1) is 0 Å². The molecule has 0 spiro atoms. The second kappa shape index (κ2) is 6.63. The lowest BCUT2D eigenvalue weighted by molar-refractivity contribution is 0.101. The highest BCUT2D eigenvalue weighted by Gasteiger charge is 2.05. The van der Waals surface area contributed by atoms with Crippen LogP contribution in [0, 0.1) is 0 Å². The molecule has 0 aliphatic heterocycles. The number of carbonyl (C=O) groups is 1. The van der Waals surface area contributed by atoms with Crippen LogP contribution >= 0.6 is 11.6 Å². The maximum atomic E-state index is 11.3. The smallest absolute Gasteiger partial charge is 0.159 e. The molecule has 23 heavy (non-hydrogen) atoms. The van der Waals surface area contributed by atoms with E-state index in [0.717, 1.165) is 17.0 Å². The van der Waals surface area contributed by atoms with Crippen LogP contribution in [0.25, 0.3) is 11.3 Å². The van der Waals surface area contributed by atoms with Gasteiger partial charge in [0.15, 0.2) is 5.78 Å². The predicted molar refractivity (Wildman–Crippen MR) is 92.9 cm³/mol. The monoisotopic (exact) mass is 323 g/mol. The Kier molecular flexibility index (Phi) is 4.40. The summed E-state index contributed by atoms with van der Waals surface area (Å²) in [6, 6.07) is 18.3. The number of benzene rings is 2. The Balaban J connectivity index is 1.77. The quantitative estimate of drug-likeness (QED) is 0.466. The van der Waals surface area contributed by atoms with E-state index in [1.165, 1.54) is 0 Å². The summed E-state index contributed by atoms with van der Waals surface area (Å²) < 4.78 is 5.76. The summed E-state index contributed by atoms with van der Waals surface area (Å²) in [5.41, 5.74) is 2.41. The minimum Gasteiger partial charge on any atom is -0.455 e. The van der Waals surface area contributed by atoms with Crippen molar-refractivity contribution in [3.8, 4) is 11.3 Å². The Labute approximate surface area is 139 Å². The van der Waals surface area contributed by atoms with Gasteiger partial charge in [-0.25, -0.2) is 0 Å². The van der Waals surface area contributed by atoms with Gasteiger partial charge in [-0.1, -0.05) is 35.9 Å². The molecule has 2 aromatic carbocycles. The molecule has 114 valence electrons. The summed E-state index contributed by atoms with van der Waals surface area (Å²) in [5, 5.41) is 0.679. The largest absolute Gasteiger partial charge is 0.455 e. The second-order valence-corrected chi connectivity index (χ2v) is 5.51. The summed E-state index contributed by atoms with van der Waals surface area (Å²) in [7, 11) is 0. The van der Waals surface area contributed by atoms with Gasteiger partial charge in [-0.2, -0.15) is 0 Å². The molecule has 0 unspecified atom stereocenters. The van der Waals surface area contributed by atoms with Crippen LogP contribution in [0.2, 0.25) is 5.02 Å². The van der Waals surface area contributed by atoms with E-state index < -0.39 is 0 Å². The third-order valence-electron chi connectivity index (χ3n) is 3.37. The van der Waals surface area contributed by atoms with Crippen LogP contribution in [0.4, 0.5) is 5.69 Å². The van der Waals surface area contributed by atoms with Crippen LogP contribution in [-0.2, 0) is 0 Å². The zero-order valence-electron chi connectivity index (χ0n) is 12.5. The summed E-state index contributed by atoms with van der Waals surface area (Å²) in [4.78, 5) is 15.6. The number of carbonyl (C=O) groups excluding carboxylic acids is 1. The van der Waals surface area contributed by atoms with Gasteiger partial charge in [-0.3, -0.25) is 9.79 Å². The topological polar surface area (TPSA) is 42.6 Å². The Morgan fingerprint density at radius 1 is 1.00 bits per heavy atom.